The molecule has 1 amide bonds. The zero-order valence-electron chi connectivity index (χ0n) is 14.4. The van der Waals surface area contributed by atoms with Crippen molar-refractivity contribution in [1.82, 2.24) is 0 Å². The molecule has 25 heavy (non-hydrogen) atoms. The molecule has 1 atom stereocenters. The van der Waals surface area contributed by atoms with Crippen LogP contribution in [0.1, 0.15) is 24.0 Å². The Kier molecular flexibility index (Phi) is 5.86. The van der Waals surface area contributed by atoms with Crippen molar-refractivity contribution >= 4 is 17.7 Å². The van der Waals surface area contributed by atoms with Crippen LogP contribution in [0.2, 0.25) is 0 Å². The second-order valence-electron chi connectivity index (χ2n) is 6.20. The third kappa shape index (κ3) is 5.47. The molecule has 0 radical (unpaired) electrons. The first kappa shape index (κ1) is 17.2. The lowest BCUT2D eigenvalue weighted by Gasteiger charge is -2.11. The van der Waals surface area contributed by atoms with Gasteiger partial charge >= 0.3 is 0 Å². The highest BCUT2D eigenvalue weighted by Crippen LogP contribution is 2.18. The van der Waals surface area contributed by atoms with E-state index in [1.165, 1.54) is 11.6 Å². The van der Waals surface area contributed by atoms with E-state index in [-0.39, 0.29) is 12.0 Å². The van der Waals surface area contributed by atoms with Crippen LogP contribution in [0, 0.1) is 6.92 Å². The summed E-state index contributed by atoms with van der Waals surface area (Å²) in [4.78, 5) is 12.0. The summed E-state index contributed by atoms with van der Waals surface area (Å²) in [5.74, 6) is 0.622. The quantitative estimate of drug-likeness (QED) is 0.804. The normalized spacial score (nSPS) is 16.9. The highest BCUT2D eigenvalue weighted by molar-refractivity contribution is 6.01. The molecule has 2 aromatic rings. The number of rotatable bonds is 6. The van der Waals surface area contributed by atoms with E-state index in [1.54, 1.807) is 6.08 Å². The molecular formula is C21H23NO3. The molecule has 1 unspecified atom stereocenters. The summed E-state index contributed by atoms with van der Waals surface area (Å²) >= 11 is 0. The maximum Gasteiger partial charge on any atom is 0.248 e. The minimum Gasteiger partial charge on any atom is -0.491 e. The van der Waals surface area contributed by atoms with E-state index in [2.05, 4.69) is 5.32 Å². The summed E-state index contributed by atoms with van der Waals surface area (Å²) in [5, 5.41) is 2.84. The number of amides is 1. The Labute approximate surface area is 148 Å². The molecule has 1 N–H and O–H groups in total. The van der Waals surface area contributed by atoms with Gasteiger partial charge < -0.3 is 14.8 Å². The van der Waals surface area contributed by atoms with Gasteiger partial charge in [0, 0.05) is 18.4 Å². The Balaban J connectivity index is 1.48. The molecule has 0 saturated carbocycles. The lowest BCUT2D eigenvalue weighted by Crippen LogP contribution is -2.16. The van der Waals surface area contributed by atoms with E-state index in [0.717, 1.165) is 36.4 Å². The van der Waals surface area contributed by atoms with Crippen LogP contribution >= 0.6 is 0 Å². The van der Waals surface area contributed by atoms with Gasteiger partial charge in [0.2, 0.25) is 5.91 Å². The van der Waals surface area contributed by atoms with Crippen molar-refractivity contribution in [3.05, 3.63) is 65.7 Å². The highest BCUT2D eigenvalue weighted by Gasteiger charge is 2.15. The molecule has 0 aromatic heterocycles. The predicted octanol–water partition coefficient (Wildman–Crippen LogP) is 4.20. The summed E-state index contributed by atoms with van der Waals surface area (Å²) in [6, 6.07) is 15.4. The Hall–Kier alpha value is -2.59. The predicted molar refractivity (Wildman–Crippen MR) is 99.8 cm³/mol. The average molecular weight is 337 g/mol. The maximum atomic E-state index is 12.0. The standard InChI is InChI=1S/C21H23NO3/c1-16-4-6-17(7-5-16)8-13-21(23)22-18-9-11-19(12-10-18)25-15-20-3-2-14-24-20/h4-13,20H,2-3,14-15H2,1H3,(H,22,23). The second-order valence-corrected chi connectivity index (χ2v) is 6.20. The molecule has 4 heteroatoms. The van der Waals surface area contributed by atoms with Crippen LogP contribution in [-0.4, -0.2) is 25.2 Å². The molecule has 1 heterocycles. The fourth-order valence-electron chi connectivity index (χ4n) is 2.63. The third-order valence-electron chi connectivity index (χ3n) is 4.09. The van der Waals surface area contributed by atoms with Crippen molar-refractivity contribution in [3.63, 3.8) is 0 Å². The van der Waals surface area contributed by atoms with Crippen LogP contribution in [-0.2, 0) is 9.53 Å². The molecule has 3 rings (SSSR count). The smallest absolute Gasteiger partial charge is 0.248 e. The second kappa shape index (κ2) is 8.49. The number of carbonyl (C=O) groups excluding carboxylic acids is 1. The Bertz CT molecular complexity index is 714. The molecule has 1 aliphatic rings. The highest BCUT2D eigenvalue weighted by atomic mass is 16.5. The zero-order valence-corrected chi connectivity index (χ0v) is 14.4. The van der Waals surface area contributed by atoms with Crippen LogP contribution in [0.4, 0.5) is 5.69 Å². The van der Waals surface area contributed by atoms with Gasteiger partial charge in [-0.25, -0.2) is 0 Å². The molecule has 130 valence electrons. The minimum absolute atomic E-state index is 0.159. The van der Waals surface area contributed by atoms with Gasteiger partial charge in [0.15, 0.2) is 0 Å². The van der Waals surface area contributed by atoms with Gasteiger partial charge in [0.1, 0.15) is 12.4 Å². The summed E-state index contributed by atoms with van der Waals surface area (Å²) in [5.41, 5.74) is 2.94. The van der Waals surface area contributed by atoms with E-state index < -0.39 is 0 Å². The number of ether oxygens (including phenoxy) is 2. The number of anilines is 1. The first-order valence-corrected chi connectivity index (χ1v) is 8.59. The van der Waals surface area contributed by atoms with Crippen molar-refractivity contribution in [3.8, 4) is 5.75 Å². The summed E-state index contributed by atoms with van der Waals surface area (Å²) < 4.78 is 11.2. The van der Waals surface area contributed by atoms with Crippen molar-refractivity contribution < 1.29 is 14.3 Å². The van der Waals surface area contributed by atoms with Crippen molar-refractivity contribution in [2.24, 2.45) is 0 Å². The minimum atomic E-state index is -0.159. The third-order valence-corrected chi connectivity index (χ3v) is 4.09. The number of aryl methyl sites for hydroxylation is 1. The number of nitrogens with one attached hydrogen (secondary N) is 1. The topological polar surface area (TPSA) is 47.6 Å². The molecule has 1 saturated heterocycles. The Morgan fingerprint density at radius 2 is 1.96 bits per heavy atom. The van der Waals surface area contributed by atoms with Gasteiger partial charge in [0.25, 0.3) is 0 Å². The Morgan fingerprint density at radius 3 is 2.64 bits per heavy atom. The molecule has 1 fully saturated rings. The fraction of sp³-hybridized carbons (Fsp3) is 0.286. The van der Waals surface area contributed by atoms with Crippen molar-refractivity contribution in [1.29, 1.82) is 0 Å². The maximum absolute atomic E-state index is 12.0. The van der Waals surface area contributed by atoms with Crippen LogP contribution < -0.4 is 10.1 Å². The van der Waals surface area contributed by atoms with Gasteiger partial charge in [-0.1, -0.05) is 29.8 Å². The van der Waals surface area contributed by atoms with E-state index >= 15 is 0 Å². The molecular weight excluding hydrogens is 314 g/mol. The van der Waals surface area contributed by atoms with Gasteiger partial charge in [0.05, 0.1) is 6.10 Å². The van der Waals surface area contributed by atoms with Gasteiger partial charge in [-0.15, -0.1) is 0 Å². The molecule has 1 aliphatic heterocycles. The lowest BCUT2D eigenvalue weighted by molar-refractivity contribution is -0.111. The number of hydrogen-bond acceptors (Lipinski definition) is 3. The first-order valence-electron chi connectivity index (χ1n) is 8.59. The van der Waals surface area contributed by atoms with Crippen LogP contribution in [0.3, 0.4) is 0 Å². The fourth-order valence-corrected chi connectivity index (χ4v) is 2.63. The summed E-state index contributed by atoms with van der Waals surface area (Å²) in [6.45, 7) is 3.44. The number of hydrogen-bond donors (Lipinski definition) is 1. The van der Waals surface area contributed by atoms with E-state index in [4.69, 9.17) is 9.47 Å². The van der Waals surface area contributed by atoms with Gasteiger partial charge in [-0.3, -0.25) is 4.79 Å². The van der Waals surface area contributed by atoms with E-state index in [0.29, 0.717) is 6.61 Å². The SMILES string of the molecule is Cc1ccc(C=CC(=O)Nc2ccc(OCC3CCCO3)cc2)cc1. The number of carbonyl (C=O) groups is 1. The molecule has 0 bridgehead atoms. The van der Waals surface area contributed by atoms with Crippen LogP contribution in [0.5, 0.6) is 5.75 Å². The largest absolute Gasteiger partial charge is 0.491 e. The molecule has 0 spiro atoms. The van der Waals surface area contributed by atoms with E-state index in [9.17, 15) is 4.79 Å². The summed E-state index contributed by atoms with van der Waals surface area (Å²) in [6.07, 6.45) is 5.70. The van der Waals surface area contributed by atoms with Crippen molar-refractivity contribution in [2.45, 2.75) is 25.9 Å². The van der Waals surface area contributed by atoms with Gasteiger partial charge in [-0.05, 0) is 55.7 Å². The molecule has 0 aliphatic carbocycles. The lowest BCUT2D eigenvalue weighted by atomic mass is 10.1. The van der Waals surface area contributed by atoms with Gasteiger partial charge in [-0.2, -0.15) is 0 Å². The Morgan fingerprint density at radius 1 is 1.20 bits per heavy atom. The van der Waals surface area contributed by atoms with Crippen molar-refractivity contribution in [2.75, 3.05) is 18.5 Å². The average Bonchev–Trinajstić information content (AvgIpc) is 3.14. The zero-order chi connectivity index (χ0) is 17.5. The monoisotopic (exact) mass is 337 g/mol. The van der Waals surface area contributed by atoms with Crippen LogP contribution in [0.15, 0.2) is 54.6 Å². The molecule has 2 aromatic carbocycles. The number of benzene rings is 2. The summed E-state index contributed by atoms with van der Waals surface area (Å²) in [7, 11) is 0. The first-order chi connectivity index (χ1) is 12.2. The molecule has 4 nitrogen and oxygen atoms in total. The van der Waals surface area contributed by atoms with Crippen LogP contribution in [0.25, 0.3) is 6.08 Å². The van der Waals surface area contributed by atoms with E-state index in [1.807, 2.05) is 55.5 Å².